The minimum absolute atomic E-state index is 0.0431. The third-order valence-corrected chi connectivity index (χ3v) is 3.39. The molecule has 0 saturated heterocycles. The van der Waals surface area contributed by atoms with Crippen LogP contribution in [0, 0.1) is 0 Å². The predicted octanol–water partition coefficient (Wildman–Crippen LogP) is 3.21. The highest BCUT2D eigenvalue weighted by atomic mass is 16.5. The van der Waals surface area contributed by atoms with E-state index in [1.165, 1.54) is 5.56 Å². The van der Waals surface area contributed by atoms with Crippen molar-refractivity contribution in [3.63, 3.8) is 0 Å². The van der Waals surface area contributed by atoms with Crippen LogP contribution in [0.25, 0.3) is 0 Å². The number of benzene rings is 2. The highest BCUT2D eigenvalue weighted by molar-refractivity contribution is 5.78. The number of hydrogen-bond donors (Lipinski definition) is 1. The van der Waals surface area contributed by atoms with E-state index >= 15 is 0 Å². The molecule has 4 heteroatoms. The van der Waals surface area contributed by atoms with Crippen LogP contribution in [0.15, 0.2) is 54.6 Å². The number of carbonyl (C=O) groups is 1. The average Bonchev–Trinajstić information content (AvgIpc) is 2.53. The van der Waals surface area contributed by atoms with Crippen molar-refractivity contribution in [3.8, 4) is 11.5 Å². The van der Waals surface area contributed by atoms with Crippen molar-refractivity contribution in [1.82, 2.24) is 5.32 Å². The van der Waals surface area contributed by atoms with E-state index in [-0.39, 0.29) is 18.1 Å². The van der Waals surface area contributed by atoms with E-state index in [0.717, 1.165) is 6.42 Å². The Morgan fingerprint density at radius 2 is 1.61 bits per heavy atom. The summed E-state index contributed by atoms with van der Waals surface area (Å²) >= 11 is 0. The minimum atomic E-state index is -0.345. The van der Waals surface area contributed by atoms with Crippen LogP contribution in [0.3, 0.4) is 0 Å². The third kappa shape index (κ3) is 5.33. The maximum absolute atomic E-state index is 12.1. The van der Waals surface area contributed by atoms with Crippen molar-refractivity contribution >= 4 is 5.91 Å². The number of methoxy groups -OCH3 is 1. The molecule has 0 bridgehead atoms. The molecule has 122 valence electrons. The van der Waals surface area contributed by atoms with Gasteiger partial charge in [-0.3, -0.25) is 4.79 Å². The summed E-state index contributed by atoms with van der Waals surface area (Å²) in [6, 6.07) is 17.4. The Morgan fingerprint density at radius 3 is 2.26 bits per heavy atom. The van der Waals surface area contributed by atoms with Gasteiger partial charge >= 0.3 is 0 Å². The van der Waals surface area contributed by atoms with Crippen molar-refractivity contribution in [2.24, 2.45) is 0 Å². The number of nitrogens with one attached hydrogen (secondary N) is 1. The van der Waals surface area contributed by atoms with Crippen LogP contribution in [0.1, 0.15) is 19.4 Å². The lowest BCUT2D eigenvalue weighted by molar-refractivity contribution is -0.124. The van der Waals surface area contributed by atoms with E-state index in [2.05, 4.69) is 17.4 Å². The standard InChI is InChI=1S/C19H23NO3/c1-19(2,13-15-9-5-4-6-10-15)20-18(21)14-23-17-12-8-7-11-16(17)22-3/h4-12H,13-14H2,1-3H3,(H,20,21). The van der Waals surface area contributed by atoms with E-state index in [1.54, 1.807) is 19.2 Å². The van der Waals surface area contributed by atoms with Gasteiger partial charge in [-0.2, -0.15) is 0 Å². The Labute approximate surface area is 137 Å². The third-order valence-electron chi connectivity index (χ3n) is 3.39. The Hall–Kier alpha value is -2.49. The quantitative estimate of drug-likeness (QED) is 0.854. The molecule has 1 amide bonds. The summed E-state index contributed by atoms with van der Waals surface area (Å²) < 4.78 is 10.7. The van der Waals surface area contributed by atoms with E-state index < -0.39 is 0 Å². The monoisotopic (exact) mass is 313 g/mol. The van der Waals surface area contributed by atoms with Crippen molar-refractivity contribution in [3.05, 3.63) is 60.2 Å². The first kappa shape index (κ1) is 16.9. The molecule has 0 aliphatic rings. The van der Waals surface area contributed by atoms with Gasteiger partial charge in [0.05, 0.1) is 7.11 Å². The van der Waals surface area contributed by atoms with Crippen LogP contribution < -0.4 is 14.8 Å². The van der Waals surface area contributed by atoms with Gasteiger partial charge in [0.25, 0.3) is 5.91 Å². The van der Waals surface area contributed by atoms with Gasteiger partial charge in [-0.25, -0.2) is 0 Å². The van der Waals surface area contributed by atoms with Crippen LogP contribution in [0.2, 0.25) is 0 Å². The second-order valence-electron chi connectivity index (χ2n) is 6.03. The van der Waals surface area contributed by atoms with Gasteiger partial charge in [0.1, 0.15) is 0 Å². The normalized spacial score (nSPS) is 10.9. The maximum atomic E-state index is 12.1. The fourth-order valence-electron chi connectivity index (χ4n) is 2.45. The van der Waals surface area contributed by atoms with Crippen LogP contribution >= 0.6 is 0 Å². The second-order valence-corrected chi connectivity index (χ2v) is 6.03. The molecule has 0 heterocycles. The topological polar surface area (TPSA) is 47.6 Å². The molecule has 0 aliphatic carbocycles. The molecule has 23 heavy (non-hydrogen) atoms. The van der Waals surface area contributed by atoms with Gasteiger partial charge in [0.2, 0.25) is 0 Å². The summed E-state index contributed by atoms with van der Waals surface area (Å²) in [4.78, 5) is 12.1. The second kappa shape index (κ2) is 7.68. The number of ether oxygens (including phenoxy) is 2. The Balaban J connectivity index is 1.88. The molecule has 2 aromatic carbocycles. The van der Waals surface area contributed by atoms with Gasteiger partial charge < -0.3 is 14.8 Å². The molecule has 0 fully saturated rings. The maximum Gasteiger partial charge on any atom is 0.258 e. The van der Waals surface area contributed by atoms with E-state index in [4.69, 9.17) is 9.47 Å². The van der Waals surface area contributed by atoms with Gasteiger partial charge in [-0.15, -0.1) is 0 Å². The smallest absolute Gasteiger partial charge is 0.258 e. The summed E-state index contributed by atoms with van der Waals surface area (Å²) in [5.41, 5.74) is 0.839. The summed E-state index contributed by atoms with van der Waals surface area (Å²) in [7, 11) is 1.57. The first-order chi connectivity index (χ1) is 11.0. The highest BCUT2D eigenvalue weighted by Crippen LogP contribution is 2.25. The zero-order chi connectivity index (χ0) is 16.7. The number of rotatable bonds is 7. The molecule has 0 atom stereocenters. The van der Waals surface area contributed by atoms with E-state index in [1.807, 2.05) is 44.2 Å². The predicted molar refractivity (Wildman–Crippen MR) is 90.9 cm³/mol. The van der Waals surface area contributed by atoms with Crippen molar-refractivity contribution in [1.29, 1.82) is 0 Å². The summed E-state index contributed by atoms with van der Waals surface area (Å²) in [6.07, 6.45) is 0.758. The SMILES string of the molecule is COc1ccccc1OCC(=O)NC(C)(C)Cc1ccccc1. The number of carbonyl (C=O) groups excluding carboxylic acids is 1. The molecule has 0 unspecified atom stereocenters. The molecule has 0 saturated carbocycles. The molecular formula is C19H23NO3. The Bertz CT molecular complexity index is 638. The lowest BCUT2D eigenvalue weighted by atomic mass is 9.95. The van der Waals surface area contributed by atoms with Gasteiger partial charge in [-0.1, -0.05) is 42.5 Å². The zero-order valence-corrected chi connectivity index (χ0v) is 13.8. The number of amides is 1. The molecule has 4 nitrogen and oxygen atoms in total. The van der Waals surface area contributed by atoms with Crippen LogP contribution in [0.5, 0.6) is 11.5 Å². The van der Waals surface area contributed by atoms with E-state index in [9.17, 15) is 4.79 Å². The number of hydrogen-bond acceptors (Lipinski definition) is 3. The number of para-hydroxylation sites is 2. The fraction of sp³-hybridized carbons (Fsp3) is 0.316. The average molecular weight is 313 g/mol. The van der Waals surface area contributed by atoms with Crippen molar-refractivity contribution in [2.45, 2.75) is 25.8 Å². The molecule has 1 N–H and O–H groups in total. The molecule has 0 aromatic heterocycles. The van der Waals surface area contributed by atoms with Crippen molar-refractivity contribution in [2.75, 3.05) is 13.7 Å². The molecule has 2 rings (SSSR count). The summed E-state index contributed by atoms with van der Waals surface area (Å²) in [5.74, 6) is 1.02. The van der Waals surface area contributed by atoms with Gasteiger partial charge in [0, 0.05) is 5.54 Å². The highest BCUT2D eigenvalue weighted by Gasteiger charge is 2.21. The molecule has 0 aliphatic heterocycles. The van der Waals surface area contributed by atoms with E-state index in [0.29, 0.717) is 11.5 Å². The van der Waals surface area contributed by atoms with Crippen LogP contribution in [-0.2, 0) is 11.2 Å². The fourth-order valence-corrected chi connectivity index (χ4v) is 2.45. The van der Waals surface area contributed by atoms with Crippen molar-refractivity contribution < 1.29 is 14.3 Å². The minimum Gasteiger partial charge on any atom is -0.493 e. The van der Waals surface area contributed by atoms with Crippen LogP contribution in [-0.4, -0.2) is 25.2 Å². The first-order valence-corrected chi connectivity index (χ1v) is 7.61. The molecule has 0 radical (unpaired) electrons. The summed E-state index contributed by atoms with van der Waals surface area (Å²) in [5, 5.41) is 3.01. The lowest BCUT2D eigenvalue weighted by Gasteiger charge is -2.26. The first-order valence-electron chi connectivity index (χ1n) is 7.61. The lowest BCUT2D eigenvalue weighted by Crippen LogP contribution is -2.47. The largest absolute Gasteiger partial charge is 0.493 e. The van der Waals surface area contributed by atoms with Crippen LogP contribution in [0.4, 0.5) is 0 Å². The molecular weight excluding hydrogens is 290 g/mol. The Kier molecular flexibility index (Phi) is 5.63. The molecule has 2 aromatic rings. The van der Waals surface area contributed by atoms with Gasteiger partial charge in [-0.05, 0) is 38.0 Å². The zero-order valence-electron chi connectivity index (χ0n) is 13.8. The van der Waals surface area contributed by atoms with Gasteiger partial charge in [0.15, 0.2) is 18.1 Å². The molecule has 0 spiro atoms. The Morgan fingerprint density at radius 1 is 1.00 bits per heavy atom. The summed E-state index contributed by atoms with van der Waals surface area (Å²) in [6.45, 7) is 3.96.